The smallest absolute Gasteiger partial charge is 0.237 e. The topological polar surface area (TPSA) is 97.7 Å². The highest BCUT2D eigenvalue weighted by Crippen LogP contribution is 2.29. The summed E-state index contributed by atoms with van der Waals surface area (Å²) < 4.78 is 2.00. The van der Waals surface area contributed by atoms with Gasteiger partial charge in [-0.15, -0.1) is 0 Å². The molecule has 3 rings (SSSR count). The van der Waals surface area contributed by atoms with Gasteiger partial charge >= 0.3 is 0 Å². The van der Waals surface area contributed by atoms with Crippen molar-refractivity contribution in [1.29, 1.82) is 10.5 Å². The second-order valence-electron chi connectivity index (χ2n) is 8.12. The molecule has 2 fully saturated rings. The zero-order valence-electron chi connectivity index (χ0n) is 17.0. The quantitative estimate of drug-likeness (QED) is 0.702. The highest BCUT2D eigenvalue weighted by atomic mass is 35.5. The molecule has 1 N–H and O–H groups in total. The van der Waals surface area contributed by atoms with E-state index in [2.05, 4.69) is 29.4 Å². The molecule has 1 aliphatic carbocycles. The van der Waals surface area contributed by atoms with E-state index in [1.54, 1.807) is 4.90 Å². The number of carbonyl (C=O) groups is 1. The molecule has 1 saturated carbocycles. The summed E-state index contributed by atoms with van der Waals surface area (Å²) in [7, 11) is 0. The van der Waals surface area contributed by atoms with Crippen LogP contribution in [0.5, 0.6) is 0 Å². The number of nitrogens with zero attached hydrogens (tertiary/aromatic N) is 5. The summed E-state index contributed by atoms with van der Waals surface area (Å²) in [5.74, 6) is 1.35. The van der Waals surface area contributed by atoms with Gasteiger partial charge in [0.25, 0.3) is 0 Å². The Bertz CT molecular complexity index is 807. The summed E-state index contributed by atoms with van der Waals surface area (Å²) in [5, 5.41) is 22.3. The third kappa shape index (κ3) is 5.10. The fourth-order valence-electron chi connectivity index (χ4n) is 4.51. The Hall–Kier alpha value is -2.09. The predicted molar refractivity (Wildman–Crippen MR) is 110 cm³/mol. The summed E-state index contributed by atoms with van der Waals surface area (Å²) in [5.41, 5.74) is 0.459. The molecule has 1 amide bonds. The molecule has 0 radical (unpaired) electrons. The fourth-order valence-corrected chi connectivity index (χ4v) is 4.75. The molecule has 0 unspecified atom stereocenters. The standard InChI is InChI=1S/C21H29ClN6O/c1-2-3-6-19-26-21(22)18(12-24)28(19)14-15-7-8-16(10-15)25-13-20(29)27-9-4-5-17(27)11-23/h15-17,25H,2-10,13-14H2,1H3/t15-,16+,17+/m1/s1. The first-order chi connectivity index (χ1) is 14.1. The lowest BCUT2D eigenvalue weighted by Gasteiger charge is -2.21. The van der Waals surface area contributed by atoms with Gasteiger partial charge in [-0.25, -0.2) is 4.98 Å². The molecule has 0 bridgehead atoms. The number of aromatic nitrogens is 2. The number of halogens is 1. The van der Waals surface area contributed by atoms with Crippen LogP contribution in [0, 0.1) is 28.6 Å². The van der Waals surface area contributed by atoms with E-state index in [9.17, 15) is 10.1 Å². The molecule has 1 saturated heterocycles. The van der Waals surface area contributed by atoms with Crippen LogP contribution < -0.4 is 5.32 Å². The van der Waals surface area contributed by atoms with E-state index in [1.165, 1.54) is 0 Å². The second kappa shape index (κ2) is 10.1. The Morgan fingerprint density at radius 3 is 2.90 bits per heavy atom. The number of unbranched alkanes of at least 4 members (excludes halogenated alkanes) is 1. The van der Waals surface area contributed by atoms with Gasteiger partial charge in [-0.2, -0.15) is 10.5 Å². The van der Waals surface area contributed by atoms with Crippen molar-refractivity contribution >= 4 is 17.5 Å². The van der Waals surface area contributed by atoms with Crippen molar-refractivity contribution in [2.45, 2.75) is 76.9 Å². The SMILES string of the molecule is CCCCc1nc(Cl)c(C#N)n1C[C@@H]1CC[C@H](NCC(=O)N2CCC[C@H]2C#N)C1. The summed E-state index contributed by atoms with van der Waals surface area (Å²) in [6.07, 6.45) is 7.63. The molecule has 0 spiro atoms. The predicted octanol–water partition coefficient (Wildman–Crippen LogP) is 3.02. The monoisotopic (exact) mass is 416 g/mol. The van der Waals surface area contributed by atoms with E-state index in [4.69, 9.17) is 16.9 Å². The molecule has 3 atom stereocenters. The van der Waals surface area contributed by atoms with Gasteiger partial charge in [0.15, 0.2) is 10.8 Å². The van der Waals surface area contributed by atoms with Gasteiger partial charge in [-0.1, -0.05) is 24.9 Å². The zero-order valence-corrected chi connectivity index (χ0v) is 17.8. The van der Waals surface area contributed by atoms with E-state index >= 15 is 0 Å². The maximum absolute atomic E-state index is 12.4. The van der Waals surface area contributed by atoms with Crippen LogP contribution in [0.4, 0.5) is 0 Å². The highest BCUT2D eigenvalue weighted by molar-refractivity contribution is 6.30. The lowest BCUT2D eigenvalue weighted by Crippen LogP contribution is -2.42. The van der Waals surface area contributed by atoms with Crippen LogP contribution in [0.25, 0.3) is 0 Å². The molecule has 0 aromatic carbocycles. The Labute approximate surface area is 177 Å². The van der Waals surface area contributed by atoms with Crippen molar-refractivity contribution in [2.75, 3.05) is 13.1 Å². The molecule has 2 aliphatic rings. The number of carbonyl (C=O) groups excluding carboxylic acids is 1. The number of hydrogen-bond donors (Lipinski definition) is 1. The van der Waals surface area contributed by atoms with Crippen LogP contribution in [0.15, 0.2) is 0 Å². The van der Waals surface area contributed by atoms with Gasteiger partial charge < -0.3 is 14.8 Å². The van der Waals surface area contributed by atoms with Gasteiger partial charge in [0, 0.05) is 25.6 Å². The number of nitriles is 2. The Kier molecular flexibility index (Phi) is 7.52. The van der Waals surface area contributed by atoms with Gasteiger partial charge in [0.05, 0.1) is 12.6 Å². The lowest BCUT2D eigenvalue weighted by atomic mass is 10.1. The normalized spacial score (nSPS) is 23.9. The Morgan fingerprint density at radius 2 is 2.17 bits per heavy atom. The molecule has 156 valence electrons. The van der Waals surface area contributed by atoms with Crippen molar-refractivity contribution in [3.05, 3.63) is 16.7 Å². The first kappa shape index (κ1) is 21.6. The number of rotatable bonds is 8. The van der Waals surface area contributed by atoms with Crippen molar-refractivity contribution in [2.24, 2.45) is 5.92 Å². The average Bonchev–Trinajstić information content (AvgIpc) is 3.43. The molecule has 29 heavy (non-hydrogen) atoms. The lowest BCUT2D eigenvalue weighted by molar-refractivity contribution is -0.130. The summed E-state index contributed by atoms with van der Waals surface area (Å²) in [6.45, 7) is 3.86. The summed E-state index contributed by atoms with van der Waals surface area (Å²) in [4.78, 5) is 18.5. The molecule has 2 heterocycles. The molecule has 1 aromatic rings. The third-order valence-corrected chi connectivity index (χ3v) is 6.37. The Morgan fingerprint density at radius 1 is 1.34 bits per heavy atom. The highest BCUT2D eigenvalue weighted by Gasteiger charge is 2.30. The summed E-state index contributed by atoms with van der Waals surface area (Å²) >= 11 is 6.18. The summed E-state index contributed by atoms with van der Waals surface area (Å²) in [6, 6.07) is 4.45. The number of nitrogens with one attached hydrogen (secondary N) is 1. The molecule has 1 aromatic heterocycles. The maximum Gasteiger partial charge on any atom is 0.237 e. The second-order valence-corrected chi connectivity index (χ2v) is 8.48. The van der Waals surface area contributed by atoms with Crippen LogP contribution in [0.2, 0.25) is 5.15 Å². The molecule has 7 nitrogen and oxygen atoms in total. The first-order valence-electron chi connectivity index (χ1n) is 10.6. The van der Waals surface area contributed by atoms with Gasteiger partial charge in [-0.3, -0.25) is 4.79 Å². The van der Waals surface area contributed by atoms with E-state index in [0.29, 0.717) is 23.3 Å². The van der Waals surface area contributed by atoms with Gasteiger partial charge in [-0.05, 0) is 44.4 Å². The van der Waals surface area contributed by atoms with Crippen molar-refractivity contribution < 1.29 is 4.79 Å². The van der Waals surface area contributed by atoms with E-state index in [0.717, 1.165) is 63.7 Å². The minimum absolute atomic E-state index is 0.0208. The number of likely N-dealkylation sites (tertiary alicyclic amines) is 1. The van der Waals surface area contributed by atoms with Crippen LogP contribution in [-0.4, -0.2) is 45.5 Å². The number of hydrogen-bond acceptors (Lipinski definition) is 5. The zero-order chi connectivity index (χ0) is 20.8. The number of imidazole rings is 1. The third-order valence-electron chi connectivity index (χ3n) is 6.11. The van der Waals surface area contributed by atoms with Gasteiger partial charge in [0.1, 0.15) is 17.9 Å². The molecular weight excluding hydrogens is 388 g/mol. The molecule has 1 aliphatic heterocycles. The maximum atomic E-state index is 12.4. The largest absolute Gasteiger partial charge is 0.326 e. The van der Waals surface area contributed by atoms with Gasteiger partial charge in [0.2, 0.25) is 5.91 Å². The van der Waals surface area contributed by atoms with Crippen molar-refractivity contribution in [3.63, 3.8) is 0 Å². The van der Waals surface area contributed by atoms with Crippen molar-refractivity contribution in [1.82, 2.24) is 19.8 Å². The van der Waals surface area contributed by atoms with Crippen LogP contribution in [0.1, 0.15) is 63.4 Å². The van der Waals surface area contributed by atoms with E-state index in [1.807, 2.05) is 4.57 Å². The minimum Gasteiger partial charge on any atom is -0.326 e. The van der Waals surface area contributed by atoms with Crippen LogP contribution in [0.3, 0.4) is 0 Å². The van der Waals surface area contributed by atoms with Crippen LogP contribution in [-0.2, 0) is 17.8 Å². The molecular formula is C21H29ClN6O. The fraction of sp³-hybridized carbons (Fsp3) is 0.714. The number of amides is 1. The average molecular weight is 417 g/mol. The van der Waals surface area contributed by atoms with Crippen LogP contribution >= 0.6 is 11.6 Å². The number of aryl methyl sites for hydroxylation is 1. The Balaban J connectivity index is 1.53. The first-order valence-corrected chi connectivity index (χ1v) is 11.0. The van der Waals surface area contributed by atoms with E-state index in [-0.39, 0.29) is 24.5 Å². The minimum atomic E-state index is -0.266. The molecule has 8 heteroatoms. The van der Waals surface area contributed by atoms with E-state index < -0.39 is 0 Å². The van der Waals surface area contributed by atoms with Crippen molar-refractivity contribution in [3.8, 4) is 12.1 Å².